The van der Waals surface area contributed by atoms with Gasteiger partial charge in [0.15, 0.2) is 6.54 Å². The Kier molecular flexibility index (Phi) is 7.49. The number of fused-ring (bicyclic) bond motifs is 2. The van der Waals surface area contributed by atoms with Crippen molar-refractivity contribution in [2.24, 2.45) is 0 Å². The monoisotopic (exact) mass is 466 g/mol. The molecule has 2 aromatic heterocycles. The van der Waals surface area contributed by atoms with Crippen molar-refractivity contribution in [3.8, 4) is 0 Å². The average molecular weight is 467 g/mol. The zero-order valence-electron chi connectivity index (χ0n) is 16.2. The average Bonchev–Trinajstić information content (AvgIpc) is 3.23. The van der Waals surface area contributed by atoms with Gasteiger partial charge < -0.3 is 4.57 Å². The van der Waals surface area contributed by atoms with Gasteiger partial charge in [0.1, 0.15) is 9.85 Å². The predicted octanol–water partition coefficient (Wildman–Crippen LogP) is 1.16. The zero-order valence-corrected chi connectivity index (χ0v) is 18.5. The SMILES string of the molecule is CCn1c(Cl)c2ccccc2c1C=CCC[n+]1csc2ccccc21.[O-][Cl+3]([O-])([O-])[O-]. The number of hydrogen-bond acceptors (Lipinski definition) is 5. The van der Waals surface area contributed by atoms with Crippen molar-refractivity contribution >= 4 is 50.0 Å². The Morgan fingerprint density at radius 2 is 1.67 bits per heavy atom. The summed E-state index contributed by atoms with van der Waals surface area (Å²) in [5.74, 6) is 0. The molecule has 9 heteroatoms. The Morgan fingerprint density at radius 1 is 1.03 bits per heavy atom. The molecule has 0 unspecified atom stereocenters. The van der Waals surface area contributed by atoms with Gasteiger partial charge in [-0.05, 0) is 19.1 Å². The Hall–Kier alpha value is -1.97. The number of aromatic nitrogens is 2. The predicted molar refractivity (Wildman–Crippen MR) is 108 cm³/mol. The quantitative estimate of drug-likeness (QED) is 0.411. The zero-order chi connectivity index (χ0) is 21.7. The molecule has 0 atom stereocenters. The first-order valence-electron chi connectivity index (χ1n) is 9.20. The highest BCUT2D eigenvalue weighted by atomic mass is 35.7. The lowest BCUT2D eigenvalue weighted by molar-refractivity contribution is -2.00. The number of nitrogens with zero attached hydrogens (tertiary/aromatic N) is 2. The van der Waals surface area contributed by atoms with Crippen LogP contribution in [0.15, 0.2) is 60.1 Å². The molecule has 4 rings (SSSR count). The first-order chi connectivity index (χ1) is 14.3. The molecule has 0 amide bonds. The summed E-state index contributed by atoms with van der Waals surface area (Å²) in [7, 11) is -4.94. The molecule has 0 aliphatic carbocycles. The van der Waals surface area contributed by atoms with Crippen LogP contribution in [0.3, 0.4) is 0 Å². The minimum absolute atomic E-state index is 0.830. The topological polar surface area (TPSA) is 101 Å². The molecule has 0 fully saturated rings. The third-order valence-electron chi connectivity index (χ3n) is 4.56. The normalized spacial score (nSPS) is 11.9. The molecule has 4 aromatic rings. The Balaban J connectivity index is 0.000000461. The maximum atomic E-state index is 8.49. The standard InChI is InChI=1S/C21H20ClN2S.ClHO4/c1-2-24-18(16-9-3-4-10-17(16)21(24)22)11-7-8-14-23-15-25-20-13-6-5-12-19(20)23;2-1(3,4)5/h3-7,9-13,15H,2,8,14H2,1H3;(H,2,3,4,5)/q+1;/p-1. The lowest BCUT2D eigenvalue weighted by Gasteiger charge is -2.17. The molecule has 6 nitrogen and oxygen atoms in total. The van der Waals surface area contributed by atoms with Crippen LogP contribution >= 0.6 is 22.9 Å². The second kappa shape index (κ2) is 9.89. The number of halogens is 2. The Bertz CT molecular complexity index is 1160. The van der Waals surface area contributed by atoms with E-state index in [1.165, 1.54) is 21.3 Å². The summed E-state index contributed by atoms with van der Waals surface area (Å²) in [6.07, 6.45) is 5.46. The van der Waals surface area contributed by atoms with Crippen molar-refractivity contribution in [2.45, 2.75) is 26.4 Å². The minimum atomic E-state index is -4.94. The van der Waals surface area contributed by atoms with E-state index in [0.29, 0.717) is 0 Å². The van der Waals surface area contributed by atoms with E-state index in [1.807, 2.05) is 6.07 Å². The highest BCUT2D eigenvalue weighted by Crippen LogP contribution is 2.31. The van der Waals surface area contributed by atoms with Crippen LogP contribution in [-0.2, 0) is 13.1 Å². The maximum absolute atomic E-state index is 8.49. The third kappa shape index (κ3) is 5.59. The third-order valence-corrected chi connectivity index (χ3v) is 5.93. The smallest absolute Gasteiger partial charge is 0.225 e. The van der Waals surface area contributed by atoms with Crippen LogP contribution in [0.1, 0.15) is 19.0 Å². The van der Waals surface area contributed by atoms with Crippen LogP contribution < -0.4 is 23.2 Å². The van der Waals surface area contributed by atoms with Gasteiger partial charge in [-0.3, -0.25) is 0 Å². The van der Waals surface area contributed by atoms with Crippen molar-refractivity contribution in [1.29, 1.82) is 0 Å². The summed E-state index contributed by atoms with van der Waals surface area (Å²) < 4.78 is 39.8. The lowest BCUT2D eigenvalue weighted by Crippen LogP contribution is -2.68. The van der Waals surface area contributed by atoms with E-state index in [1.54, 1.807) is 11.3 Å². The van der Waals surface area contributed by atoms with E-state index in [9.17, 15) is 0 Å². The highest BCUT2D eigenvalue weighted by molar-refractivity contribution is 7.16. The van der Waals surface area contributed by atoms with Crippen LogP contribution in [0.25, 0.3) is 27.1 Å². The molecule has 0 saturated heterocycles. The number of hydrogen-bond donors (Lipinski definition) is 0. The number of para-hydroxylation sites is 1. The molecular weight excluding hydrogens is 447 g/mol. The van der Waals surface area contributed by atoms with E-state index in [0.717, 1.165) is 30.0 Å². The van der Waals surface area contributed by atoms with Crippen LogP contribution in [0.4, 0.5) is 0 Å². The van der Waals surface area contributed by atoms with Crippen molar-refractivity contribution in [2.75, 3.05) is 0 Å². The summed E-state index contributed by atoms with van der Waals surface area (Å²) in [5.41, 5.74) is 4.72. The fourth-order valence-corrected chi connectivity index (χ4v) is 4.62. The molecule has 0 aliphatic rings. The number of thiazole rings is 1. The summed E-state index contributed by atoms with van der Waals surface area (Å²) in [4.78, 5) is 0. The molecule has 0 bridgehead atoms. The van der Waals surface area contributed by atoms with Crippen molar-refractivity contribution in [3.63, 3.8) is 0 Å². The molecule has 0 saturated carbocycles. The van der Waals surface area contributed by atoms with E-state index in [4.69, 9.17) is 30.2 Å². The second-order valence-electron chi connectivity index (χ2n) is 6.42. The minimum Gasteiger partial charge on any atom is -0.331 e. The van der Waals surface area contributed by atoms with Crippen molar-refractivity contribution < 1.29 is 33.4 Å². The number of rotatable bonds is 5. The molecule has 0 radical (unpaired) electrons. The first-order valence-corrected chi connectivity index (χ1v) is 11.7. The van der Waals surface area contributed by atoms with E-state index in [2.05, 4.69) is 76.2 Å². The van der Waals surface area contributed by atoms with Gasteiger partial charge in [0.2, 0.25) is 11.0 Å². The number of aryl methyl sites for hydroxylation is 1. The van der Waals surface area contributed by atoms with Gasteiger partial charge in [0.25, 0.3) is 0 Å². The van der Waals surface area contributed by atoms with Gasteiger partial charge in [-0.2, -0.15) is 4.57 Å². The van der Waals surface area contributed by atoms with Gasteiger partial charge in [0.05, 0.1) is 0 Å². The highest BCUT2D eigenvalue weighted by Gasteiger charge is 2.12. The van der Waals surface area contributed by atoms with Gasteiger partial charge in [-0.25, -0.2) is 18.6 Å². The van der Waals surface area contributed by atoms with E-state index < -0.39 is 10.2 Å². The number of allylic oxidation sites excluding steroid dienone is 1. The maximum Gasteiger partial charge on any atom is 0.225 e. The van der Waals surface area contributed by atoms with Crippen LogP contribution in [0.2, 0.25) is 5.15 Å². The fraction of sp³-hybridized carbons (Fsp3) is 0.190. The fourth-order valence-electron chi connectivity index (χ4n) is 3.32. The van der Waals surface area contributed by atoms with E-state index >= 15 is 0 Å². The van der Waals surface area contributed by atoms with Crippen LogP contribution in [-0.4, -0.2) is 4.57 Å². The second-order valence-corrected chi connectivity index (χ2v) is 8.42. The summed E-state index contributed by atoms with van der Waals surface area (Å²) in [6.45, 7) is 3.99. The van der Waals surface area contributed by atoms with E-state index in [-0.39, 0.29) is 0 Å². The van der Waals surface area contributed by atoms with Crippen molar-refractivity contribution in [1.82, 2.24) is 4.57 Å². The molecule has 0 N–H and O–H groups in total. The Labute approximate surface area is 185 Å². The summed E-state index contributed by atoms with van der Waals surface area (Å²) >= 11 is 8.35. The largest absolute Gasteiger partial charge is 0.331 e. The first kappa shape index (κ1) is 22.7. The molecular formula is C21H20Cl2N2O4S. The molecule has 2 heterocycles. The van der Waals surface area contributed by atoms with Gasteiger partial charge in [-0.1, -0.05) is 65.4 Å². The molecule has 0 spiro atoms. The summed E-state index contributed by atoms with van der Waals surface area (Å²) in [6, 6.07) is 16.9. The molecule has 30 heavy (non-hydrogen) atoms. The Morgan fingerprint density at radius 3 is 2.37 bits per heavy atom. The van der Waals surface area contributed by atoms with Crippen LogP contribution in [0, 0.1) is 10.2 Å². The molecule has 0 aliphatic heterocycles. The van der Waals surface area contributed by atoms with Gasteiger partial charge in [0, 0.05) is 35.5 Å². The van der Waals surface area contributed by atoms with Gasteiger partial charge >= 0.3 is 0 Å². The van der Waals surface area contributed by atoms with Crippen molar-refractivity contribution in [3.05, 3.63) is 71.0 Å². The molecule has 2 aromatic carbocycles. The lowest BCUT2D eigenvalue weighted by atomic mass is 10.1. The number of benzene rings is 2. The summed E-state index contributed by atoms with van der Waals surface area (Å²) in [5, 5.41) is 3.18. The van der Waals surface area contributed by atoms with Crippen LogP contribution in [0.5, 0.6) is 0 Å². The molecule has 158 valence electrons. The van der Waals surface area contributed by atoms with Gasteiger partial charge in [-0.15, -0.1) is 10.2 Å².